The average Bonchev–Trinajstić information content (AvgIpc) is 2.53. The highest BCUT2D eigenvalue weighted by atomic mass is 16.5. The third kappa shape index (κ3) is 3.47. The van der Waals surface area contributed by atoms with E-state index in [0.717, 1.165) is 30.6 Å². The van der Waals surface area contributed by atoms with E-state index in [2.05, 4.69) is 0 Å². The zero-order chi connectivity index (χ0) is 14.3. The van der Waals surface area contributed by atoms with Gasteiger partial charge >= 0.3 is 0 Å². The van der Waals surface area contributed by atoms with Crippen LogP contribution in [0, 0.1) is 0 Å². The third-order valence-corrected chi connectivity index (χ3v) is 3.64. The van der Waals surface area contributed by atoms with E-state index in [0.29, 0.717) is 6.42 Å². The minimum absolute atomic E-state index is 0.699. The van der Waals surface area contributed by atoms with Crippen molar-refractivity contribution < 1.29 is 9.84 Å². The largest absolute Gasteiger partial charge is 0.385 e. The molecule has 106 valence electrons. The van der Waals surface area contributed by atoms with Crippen molar-refractivity contribution in [2.24, 2.45) is 0 Å². The molecule has 0 radical (unpaired) electrons. The minimum atomic E-state index is -0.920. The van der Waals surface area contributed by atoms with Crippen molar-refractivity contribution in [3.8, 4) is 0 Å². The summed E-state index contributed by atoms with van der Waals surface area (Å²) in [4.78, 5) is 0. The summed E-state index contributed by atoms with van der Waals surface area (Å²) in [5, 5.41) is 11.2. The molecule has 1 N–H and O–H groups in total. The van der Waals surface area contributed by atoms with Crippen LogP contribution in [0.2, 0.25) is 0 Å². The van der Waals surface area contributed by atoms with Crippen LogP contribution < -0.4 is 0 Å². The van der Waals surface area contributed by atoms with Gasteiger partial charge in [-0.15, -0.1) is 0 Å². The highest BCUT2D eigenvalue weighted by Gasteiger charge is 2.30. The third-order valence-electron chi connectivity index (χ3n) is 3.64. The summed E-state index contributed by atoms with van der Waals surface area (Å²) in [5.41, 5.74) is 0.975. The molecule has 2 rings (SSSR count). The zero-order valence-electron chi connectivity index (χ0n) is 12.0. The van der Waals surface area contributed by atoms with Gasteiger partial charge in [0.1, 0.15) is 5.60 Å². The molecular formula is C18H22O2. The summed E-state index contributed by atoms with van der Waals surface area (Å²) in [7, 11) is 1.71. The molecule has 0 aliphatic rings. The molecule has 0 bridgehead atoms. The molecule has 0 amide bonds. The molecule has 20 heavy (non-hydrogen) atoms. The molecule has 0 heterocycles. The maximum Gasteiger partial charge on any atom is 0.115 e. The summed E-state index contributed by atoms with van der Waals surface area (Å²) >= 11 is 0. The van der Waals surface area contributed by atoms with Crippen molar-refractivity contribution in [3.05, 3.63) is 71.8 Å². The number of unbranched alkanes of at least 4 members (excludes halogenated alkanes) is 1. The van der Waals surface area contributed by atoms with Gasteiger partial charge < -0.3 is 9.84 Å². The molecule has 0 aliphatic carbocycles. The van der Waals surface area contributed by atoms with E-state index in [9.17, 15) is 5.11 Å². The maximum absolute atomic E-state index is 11.2. The summed E-state index contributed by atoms with van der Waals surface area (Å²) in [5.74, 6) is 0. The summed E-state index contributed by atoms with van der Waals surface area (Å²) in [6.07, 6.45) is 2.58. The van der Waals surface area contributed by atoms with E-state index in [-0.39, 0.29) is 0 Å². The summed E-state index contributed by atoms with van der Waals surface area (Å²) in [6.45, 7) is 0.736. The van der Waals surface area contributed by atoms with Crippen LogP contribution in [0.3, 0.4) is 0 Å². The molecule has 2 aromatic carbocycles. The first-order valence-electron chi connectivity index (χ1n) is 7.10. The highest BCUT2D eigenvalue weighted by Crippen LogP contribution is 2.34. The maximum atomic E-state index is 11.2. The van der Waals surface area contributed by atoms with Crippen LogP contribution in [0.5, 0.6) is 0 Å². The number of aliphatic hydroxyl groups is 1. The van der Waals surface area contributed by atoms with Crippen molar-refractivity contribution in [2.75, 3.05) is 13.7 Å². The Bertz CT molecular complexity index is 454. The summed E-state index contributed by atoms with van der Waals surface area (Å²) in [6, 6.07) is 19.8. The van der Waals surface area contributed by atoms with Gasteiger partial charge in [0.25, 0.3) is 0 Å². The van der Waals surface area contributed by atoms with Crippen molar-refractivity contribution >= 4 is 0 Å². The van der Waals surface area contributed by atoms with Crippen LogP contribution >= 0.6 is 0 Å². The van der Waals surface area contributed by atoms with E-state index in [1.165, 1.54) is 0 Å². The Labute approximate surface area is 121 Å². The smallest absolute Gasteiger partial charge is 0.115 e. The lowest BCUT2D eigenvalue weighted by Crippen LogP contribution is -2.27. The second kappa shape index (κ2) is 7.22. The van der Waals surface area contributed by atoms with E-state index in [4.69, 9.17) is 4.74 Å². The second-order valence-electron chi connectivity index (χ2n) is 5.04. The number of methoxy groups -OCH3 is 1. The first kappa shape index (κ1) is 14.8. The molecule has 0 aromatic heterocycles. The second-order valence-corrected chi connectivity index (χ2v) is 5.04. The SMILES string of the molecule is COCCCCC(O)(c1ccccc1)c1ccccc1. The molecule has 0 atom stereocenters. The van der Waals surface area contributed by atoms with Crippen LogP contribution in [0.4, 0.5) is 0 Å². The average molecular weight is 270 g/mol. The Morgan fingerprint density at radius 2 is 1.35 bits per heavy atom. The predicted molar refractivity (Wildman–Crippen MR) is 81.6 cm³/mol. The Kier molecular flexibility index (Phi) is 5.33. The van der Waals surface area contributed by atoms with E-state index in [1.54, 1.807) is 7.11 Å². The van der Waals surface area contributed by atoms with Gasteiger partial charge in [-0.2, -0.15) is 0 Å². The Morgan fingerprint density at radius 1 is 0.850 bits per heavy atom. The summed E-state index contributed by atoms with van der Waals surface area (Å²) < 4.78 is 5.09. The fraction of sp³-hybridized carbons (Fsp3) is 0.333. The first-order valence-corrected chi connectivity index (χ1v) is 7.10. The van der Waals surface area contributed by atoms with Crippen molar-refractivity contribution in [2.45, 2.75) is 24.9 Å². The van der Waals surface area contributed by atoms with Crippen molar-refractivity contribution in [3.63, 3.8) is 0 Å². The molecule has 2 heteroatoms. The quantitative estimate of drug-likeness (QED) is 0.777. The minimum Gasteiger partial charge on any atom is -0.385 e. The van der Waals surface area contributed by atoms with Crippen molar-refractivity contribution in [1.82, 2.24) is 0 Å². The standard InChI is InChI=1S/C18H22O2/c1-20-15-9-8-14-18(19,16-10-4-2-5-11-16)17-12-6-3-7-13-17/h2-7,10-13,19H,8-9,14-15H2,1H3. The number of hydrogen-bond acceptors (Lipinski definition) is 2. The van der Waals surface area contributed by atoms with Crippen LogP contribution in [0.15, 0.2) is 60.7 Å². The van der Waals surface area contributed by atoms with Gasteiger partial charge in [-0.1, -0.05) is 60.7 Å². The van der Waals surface area contributed by atoms with E-state index in [1.807, 2.05) is 60.7 Å². The number of benzene rings is 2. The Hall–Kier alpha value is -1.64. The Morgan fingerprint density at radius 3 is 1.80 bits per heavy atom. The molecular weight excluding hydrogens is 248 g/mol. The van der Waals surface area contributed by atoms with Crippen LogP contribution in [0.1, 0.15) is 30.4 Å². The fourth-order valence-electron chi connectivity index (χ4n) is 2.51. The van der Waals surface area contributed by atoms with Gasteiger partial charge in [0, 0.05) is 13.7 Å². The van der Waals surface area contributed by atoms with Gasteiger partial charge in [-0.05, 0) is 30.4 Å². The Balaban J connectivity index is 2.24. The van der Waals surface area contributed by atoms with E-state index < -0.39 is 5.60 Å². The molecule has 0 unspecified atom stereocenters. The molecule has 0 spiro atoms. The lowest BCUT2D eigenvalue weighted by molar-refractivity contribution is 0.0651. The molecule has 0 fully saturated rings. The normalized spacial score (nSPS) is 11.5. The van der Waals surface area contributed by atoms with Crippen LogP contribution in [-0.4, -0.2) is 18.8 Å². The number of rotatable bonds is 7. The molecule has 2 aromatic rings. The molecule has 0 saturated heterocycles. The van der Waals surface area contributed by atoms with Gasteiger partial charge in [-0.3, -0.25) is 0 Å². The highest BCUT2D eigenvalue weighted by molar-refractivity contribution is 5.35. The first-order chi connectivity index (χ1) is 9.77. The number of hydrogen-bond donors (Lipinski definition) is 1. The zero-order valence-corrected chi connectivity index (χ0v) is 12.0. The molecule has 0 aliphatic heterocycles. The van der Waals surface area contributed by atoms with Gasteiger partial charge in [0.2, 0.25) is 0 Å². The van der Waals surface area contributed by atoms with Gasteiger partial charge in [0.05, 0.1) is 0 Å². The molecule has 2 nitrogen and oxygen atoms in total. The van der Waals surface area contributed by atoms with Gasteiger partial charge in [-0.25, -0.2) is 0 Å². The van der Waals surface area contributed by atoms with Crippen molar-refractivity contribution in [1.29, 1.82) is 0 Å². The number of ether oxygens (including phenoxy) is 1. The lowest BCUT2D eigenvalue weighted by Gasteiger charge is -2.29. The fourth-order valence-corrected chi connectivity index (χ4v) is 2.51. The topological polar surface area (TPSA) is 29.5 Å². The van der Waals surface area contributed by atoms with Crippen LogP contribution in [0.25, 0.3) is 0 Å². The molecule has 0 saturated carbocycles. The van der Waals surface area contributed by atoms with E-state index >= 15 is 0 Å². The van der Waals surface area contributed by atoms with Crippen LogP contribution in [-0.2, 0) is 10.3 Å². The monoisotopic (exact) mass is 270 g/mol. The lowest BCUT2D eigenvalue weighted by atomic mass is 9.82. The predicted octanol–water partition coefficient (Wildman–Crippen LogP) is 3.74. The van der Waals surface area contributed by atoms with Gasteiger partial charge in [0.15, 0.2) is 0 Å².